The van der Waals surface area contributed by atoms with Gasteiger partial charge in [0.15, 0.2) is 0 Å². The minimum atomic E-state index is -1.79. The minimum absolute atomic E-state index is 0.0242. The lowest BCUT2D eigenvalue weighted by atomic mass is 9.97. The van der Waals surface area contributed by atoms with Gasteiger partial charge in [0.05, 0.1) is 18.8 Å². The SMILES string of the molecule is CC[C@H](C)[C@H](NC(=O)[C@H](Cc1c[nH]c2ccccc12)NC(=O)[C@H](CCCCN)NC(=O)[C@H](CO)NC(=O)[C@H](CC(C)C)NC(=O)[C@H](Cc1ccccc1)NC(=O)[C@@H](NC(=O)[C@H](CCCCN)NC(=O)[C@H](CC(C)C)NC(=O)[C@H](CC(C)C)NC(=O)[C@H](CCCCN)NC(=O)[C@@H]1CCCN1)[C@@H](C)O)C(=O)NCC(=O)O. The van der Waals surface area contributed by atoms with Crippen molar-refractivity contribution in [1.82, 2.24) is 74.1 Å². The van der Waals surface area contributed by atoms with E-state index in [0.29, 0.717) is 69.2 Å². The normalized spacial score (nSPS) is 16.4. The number of carbonyl (C=O) groups excluding carboxylic acids is 12. The van der Waals surface area contributed by atoms with Gasteiger partial charge >= 0.3 is 5.97 Å². The zero-order valence-electron chi connectivity index (χ0n) is 64.7. The first-order chi connectivity index (χ1) is 51.8. The third-order valence-electron chi connectivity index (χ3n) is 18.9. The van der Waals surface area contributed by atoms with E-state index in [9.17, 15) is 77.6 Å². The van der Waals surface area contributed by atoms with Gasteiger partial charge in [-0.05, 0) is 164 Å². The van der Waals surface area contributed by atoms with E-state index in [1.54, 1.807) is 82.4 Å². The predicted molar refractivity (Wildman–Crippen MR) is 410 cm³/mol. The van der Waals surface area contributed by atoms with E-state index >= 15 is 0 Å². The monoisotopic (exact) mass is 1530 g/mol. The predicted octanol–water partition coefficient (Wildman–Crippen LogP) is -0.817. The Morgan fingerprint density at radius 3 is 1.33 bits per heavy atom. The molecule has 12 amide bonds. The molecule has 0 unspecified atom stereocenters. The van der Waals surface area contributed by atoms with E-state index in [2.05, 4.69) is 74.1 Å². The Balaban J connectivity index is 1.59. The van der Waals surface area contributed by atoms with Crippen LogP contribution >= 0.6 is 0 Å². The number of aliphatic hydroxyl groups is 2. The number of carbonyl (C=O) groups is 13. The van der Waals surface area contributed by atoms with Crippen molar-refractivity contribution in [2.45, 2.75) is 250 Å². The number of aromatic amines is 1. The van der Waals surface area contributed by atoms with Crippen molar-refractivity contribution >= 4 is 87.8 Å². The van der Waals surface area contributed by atoms with Gasteiger partial charge in [0.2, 0.25) is 70.9 Å². The van der Waals surface area contributed by atoms with Gasteiger partial charge in [-0.25, -0.2) is 0 Å². The van der Waals surface area contributed by atoms with Gasteiger partial charge in [-0.2, -0.15) is 0 Å². The quantitative estimate of drug-likeness (QED) is 0.0307. The van der Waals surface area contributed by atoms with Crippen LogP contribution in [0.15, 0.2) is 60.8 Å². The second-order valence-electron chi connectivity index (χ2n) is 29.6. The molecule has 2 heterocycles. The highest BCUT2D eigenvalue weighted by Gasteiger charge is 2.39. The fourth-order valence-corrected chi connectivity index (χ4v) is 12.6. The Labute approximate surface area is 639 Å². The number of carboxylic acids is 1. The van der Waals surface area contributed by atoms with Gasteiger partial charge in [0.1, 0.15) is 73.0 Å². The van der Waals surface area contributed by atoms with Gasteiger partial charge in [-0.3, -0.25) is 62.3 Å². The van der Waals surface area contributed by atoms with E-state index in [4.69, 9.17) is 17.2 Å². The van der Waals surface area contributed by atoms with Crippen molar-refractivity contribution in [1.29, 1.82) is 0 Å². The molecule has 3 aromatic rings. The zero-order valence-corrected chi connectivity index (χ0v) is 64.7. The first-order valence-electron chi connectivity index (χ1n) is 38.4. The lowest BCUT2D eigenvalue weighted by Gasteiger charge is -2.30. The summed E-state index contributed by atoms with van der Waals surface area (Å²) in [6, 6.07) is -0.220. The molecule has 23 N–H and O–H groups in total. The second-order valence-corrected chi connectivity index (χ2v) is 29.6. The molecule has 109 heavy (non-hydrogen) atoms. The van der Waals surface area contributed by atoms with Gasteiger partial charge in [0.25, 0.3) is 0 Å². The van der Waals surface area contributed by atoms with E-state index in [0.717, 1.165) is 17.3 Å². The van der Waals surface area contributed by atoms with E-state index < -0.39 is 169 Å². The standard InChI is InChI=1S/C76H123N17O16/c1-10-46(8)63(75(108)82-41-62(96)97)92-73(106)60(39-49-40-81-51-26-15-14-25-50(49)51)89-67(100)54(28-17-20-32-78)85-74(107)61(42-94)91-71(104)58(37-45(6)7)88-72(105)59(38-48-23-12-11-13-24-48)90-76(109)64(47(9)95)93-68(101)55(29-18-21-33-79)84-69(102)56(35-43(2)3)87-70(103)57(36-44(4)5)86-66(99)53(27-16-19-31-77)83-65(98)52-30-22-34-80-52/h11-15,23-26,40,43-47,52-61,63-64,80-81,94-95H,10,16-22,27-39,41-42,77-79H2,1-9H3,(H,82,108)(H,83,98)(H,84,102)(H,85,107)(H,86,99)(H,87,103)(H,88,105)(H,89,100)(H,90,109)(H,91,104)(H,92,106)(H,93,101)(H,96,97)/t46-,47+,52-,53-,54-,55-,56-,57-,58-,59-,60-,61-,63-,64-/m0/s1. The number of aromatic nitrogens is 1. The molecule has 1 fully saturated rings. The summed E-state index contributed by atoms with van der Waals surface area (Å²) in [5.41, 5.74) is 19.3. The number of nitrogens with one attached hydrogen (secondary N) is 14. The van der Waals surface area contributed by atoms with Crippen LogP contribution in [0.4, 0.5) is 0 Å². The Morgan fingerprint density at radius 1 is 0.468 bits per heavy atom. The van der Waals surface area contributed by atoms with Gasteiger partial charge in [0, 0.05) is 29.9 Å². The summed E-state index contributed by atoms with van der Waals surface area (Å²) in [7, 11) is 0. The number of aliphatic hydroxyl groups excluding tert-OH is 2. The van der Waals surface area contributed by atoms with Crippen molar-refractivity contribution in [3.63, 3.8) is 0 Å². The number of para-hydroxylation sites is 1. The van der Waals surface area contributed by atoms with Gasteiger partial charge in [-0.15, -0.1) is 0 Å². The van der Waals surface area contributed by atoms with E-state index in [-0.39, 0.29) is 94.5 Å². The van der Waals surface area contributed by atoms with Crippen molar-refractivity contribution in [2.75, 3.05) is 39.3 Å². The molecule has 14 atom stereocenters. The summed E-state index contributed by atoms with van der Waals surface area (Å²) in [5, 5.41) is 67.1. The van der Waals surface area contributed by atoms with Crippen molar-refractivity contribution in [3.05, 3.63) is 71.9 Å². The van der Waals surface area contributed by atoms with Crippen LogP contribution in [0.5, 0.6) is 0 Å². The maximum absolute atomic E-state index is 14.8. The molecule has 1 saturated heterocycles. The molecule has 0 saturated carbocycles. The first-order valence-corrected chi connectivity index (χ1v) is 38.4. The molecule has 1 aliphatic heterocycles. The number of hydrogen-bond donors (Lipinski definition) is 20. The largest absolute Gasteiger partial charge is 0.480 e. The number of H-pyrrole nitrogens is 1. The Hall–Kier alpha value is -9.15. The number of rotatable bonds is 51. The van der Waals surface area contributed by atoms with E-state index in [1.165, 1.54) is 6.92 Å². The Bertz CT molecular complexity index is 3420. The van der Waals surface area contributed by atoms with Crippen LogP contribution in [-0.4, -0.2) is 215 Å². The maximum Gasteiger partial charge on any atom is 0.322 e. The Kier molecular flexibility index (Phi) is 40.9. The molecular weight excluding hydrogens is 1410 g/mol. The fraction of sp³-hybridized carbons (Fsp3) is 0.645. The molecule has 1 aromatic heterocycles. The molecule has 2 aromatic carbocycles. The molecule has 33 heteroatoms. The summed E-state index contributed by atoms with van der Waals surface area (Å²) in [4.78, 5) is 186. The number of hydrogen-bond acceptors (Lipinski definition) is 19. The second kappa shape index (κ2) is 48.4. The number of nitrogens with two attached hydrogens (primary N) is 3. The molecular formula is C76H123N17O16. The fourth-order valence-electron chi connectivity index (χ4n) is 12.6. The summed E-state index contributed by atoms with van der Waals surface area (Å²) < 4.78 is 0. The highest BCUT2D eigenvalue weighted by atomic mass is 16.4. The third-order valence-corrected chi connectivity index (χ3v) is 18.9. The van der Waals surface area contributed by atoms with E-state index in [1.807, 2.05) is 33.8 Å². The summed E-state index contributed by atoms with van der Waals surface area (Å²) in [6.45, 7) is 15.2. The number of carboxylic acid groups (broad SMARTS) is 1. The molecule has 33 nitrogen and oxygen atoms in total. The van der Waals surface area contributed by atoms with Gasteiger partial charge in [-0.1, -0.05) is 110 Å². The topological polar surface area (TPSA) is 533 Å². The van der Waals surface area contributed by atoms with Crippen LogP contribution in [0.1, 0.15) is 170 Å². The molecule has 1 aliphatic rings. The van der Waals surface area contributed by atoms with Crippen molar-refractivity contribution in [3.8, 4) is 0 Å². The van der Waals surface area contributed by atoms with Gasteiger partial charge < -0.3 is 107 Å². The molecule has 608 valence electrons. The average molecular weight is 1530 g/mol. The zero-order chi connectivity index (χ0) is 80.9. The third kappa shape index (κ3) is 32.1. The molecule has 0 spiro atoms. The first kappa shape index (κ1) is 92.2. The number of amides is 12. The molecule has 4 rings (SSSR count). The van der Waals surface area contributed by atoms with Crippen molar-refractivity contribution < 1.29 is 77.6 Å². The lowest BCUT2D eigenvalue weighted by molar-refractivity contribution is -0.139. The summed E-state index contributed by atoms with van der Waals surface area (Å²) in [6.07, 6.45) is 4.30. The van der Waals surface area contributed by atoms with Crippen LogP contribution in [0, 0.1) is 23.7 Å². The lowest BCUT2D eigenvalue weighted by Crippen LogP contribution is -2.62. The van der Waals surface area contributed by atoms with Crippen LogP contribution in [0.25, 0.3) is 10.9 Å². The molecule has 0 radical (unpaired) electrons. The molecule has 0 aliphatic carbocycles. The summed E-state index contributed by atoms with van der Waals surface area (Å²) in [5.74, 6) is -12.2. The number of aliphatic carboxylic acids is 1. The number of fused-ring (bicyclic) bond motifs is 1. The number of benzene rings is 2. The highest BCUT2D eigenvalue weighted by Crippen LogP contribution is 2.21. The van der Waals surface area contributed by atoms with Crippen LogP contribution in [0.2, 0.25) is 0 Å². The highest BCUT2D eigenvalue weighted by molar-refractivity contribution is 6.00. The average Bonchev–Trinajstić information content (AvgIpc) is 1.73. The maximum atomic E-state index is 14.8. The molecule has 0 bridgehead atoms. The summed E-state index contributed by atoms with van der Waals surface area (Å²) >= 11 is 0. The van der Waals surface area contributed by atoms with Crippen LogP contribution in [0.3, 0.4) is 0 Å². The Morgan fingerprint density at radius 2 is 0.872 bits per heavy atom. The number of unbranched alkanes of at least 4 members (excludes halogenated alkanes) is 3. The minimum Gasteiger partial charge on any atom is -0.480 e. The van der Waals surface area contributed by atoms with Crippen LogP contribution < -0.4 is 86.3 Å². The van der Waals surface area contributed by atoms with Crippen molar-refractivity contribution in [2.24, 2.45) is 40.9 Å². The van der Waals surface area contributed by atoms with Crippen LogP contribution in [-0.2, 0) is 75.2 Å². The smallest absolute Gasteiger partial charge is 0.322 e.